The fourth-order valence-corrected chi connectivity index (χ4v) is 2.27. The lowest BCUT2D eigenvalue weighted by Crippen LogP contribution is -1.91. The Morgan fingerprint density at radius 3 is 2.87 bits per heavy atom. The van der Waals surface area contributed by atoms with Crippen LogP contribution in [0, 0.1) is 0 Å². The lowest BCUT2D eigenvalue weighted by Gasteiger charge is -1.97. The molecule has 0 aliphatic heterocycles. The van der Waals surface area contributed by atoms with E-state index < -0.39 is 10.8 Å². The highest BCUT2D eigenvalue weighted by molar-refractivity contribution is 7.86. The molecule has 0 saturated heterocycles. The maximum Gasteiger partial charge on any atom is 0.212 e. The van der Waals surface area contributed by atoms with Crippen molar-refractivity contribution in [2.75, 3.05) is 11.6 Å². The molecule has 1 unspecified atom stereocenters. The number of nitrogens with zero attached hydrogens (tertiary/aromatic N) is 3. The van der Waals surface area contributed by atoms with Gasteiger partial charge in [-0.05, 0) is 12.1 Å². The first-order valence-corrected chi connectivity index (χ1v) is 6.48. The van der Waals surface area contributed by atoms with Crippen molar-refractivity contribution in [1.82, 2.24) is 15.2 Å². The molecule has 2 aromatic rings. The van der Waals surface area contributed by atoms with E-state index in [9.17, 15) is 4.21 Å². The van der Waals surface area contributed by atoms with Gasteiger partial charge < -0.3 is 5.32 Å². The average molecular weight is 240 g/mol. The second-order valence-electron chi connectivity index (χ2n) is 2.67. The van der Waals surface area contributed by atoms with E-state index in [1.807, 2.05) is 18.2 Å². The molecule has 1 N–H and O–H groups in total. The summed E-state index contributed by atoms with van der Waals surface area (Å²) in [4.78, 5) is 4.08. The van der Waals surface area contributed by atoms with Crippen LogP contribution in [0.5, 0.6) is 0 Å². The normalized spacial score (nSPS) is 12.3. The average Bonchev–Trinajstić information content (AvgIpc) is 2.68. The van der Waals surface area contributed by atoms with Crippen molar-refractivity contribution < 1.29 is 4.21 Å². The maximum atomic E-state index is 11.1. The lowest BCUT2D eigenvalue weighted by atomic mass is 10.5. The van der Waals surface area contributed by atoms with E-state index in [1.54, 1.807) is 12.5 Å². The van der Waals surface area contributed by atoms with Crippen molar-refractivity contribution in [3.05, 3.63) is 24.4 Å². The zero-order valence-corrected chi connectivity index (χ0v) is 9.51. The van der Waals surface area contributed by atoms with Crippen molar-refractivity contribution >= 4 is 33.1 Å². The van der Waals surface area contributed by atoms with Crippen LogP contribution in [0.25, 0.3) is 0 Å². The van der Waals surface area contributed by atoms with Gasteiger partial charge in [0.2, 0.25) is 9.47 Å². The van der Waals surface area contributed by atoms with E-state index in [4.69, 9.17) is 0 Å². The van der Waals surface area contributed by atoms with Crippen molar-refractivity contribution in [2.45, 2.75) is 4.34 Å². The lowest BCUT2D eigenvalue weighted by molar-refractivity contribution is 0.685. The van der Waals surface area contributed by atoms with Gasteiger partial charge in [0, 0.05) is 12.5 Å². The van der Waals surface area contributed by atoms with E-state index in [1.165, 1.54) is 11.3 Å². The molecule has 0 aromatic carbocycles. The Bertz CT molecular complexity index is 471. The second kappa shape index (κ2) is 4.45. The van der Waals surface area contributed by atoms with Gasteiger partial charge in [0.25, 0.3) is 0 Å². The van der Waals surface area contributed by atoms with E-state index in [0.717, 1.165) is 0 Å². The molecule has 1 atom stereocenters. The summed E-state index contributed by atoms with van der Waals surface area (Å²) in [5.41, 5.74) is 0. The smallest absolute Gasteiger partial charge is 0.212 e. The number of hydrogen-bond acceptors (Lipinski definition) is 6. The Labute approximate surface area is 93.0 Å². The van der Waals surface area contributed by atoms with Crippen LogP contribution in [0.3, 0.4) is 0 Å². The SMILES string of the molecule is CS(=O)c1nnc(Nc2ccccn2)s1. The zero-order chi connectivity index (χ0) is 10.7. The molecule has 0 aliphatic rings. The Morgan fingerprint density at radius 2 is 2.27 bits per heavy atom. The summed E-state index contributed by atoms with van der Waals surface area (Å²) in [6.45, 7) is 0. The molecular formula is C8H8N4OS2. The number of pyridine rings is 1. The Hall–Kier alpha value is -1.34. The Morgan fingerprint density at radius 1 is 1.40 bits per heavy atom. The summed E-state index contributed by atoms with van der Waals surface area (Å²) in [7, 11) is -1.08. The second-order valence-corrected chi connectivity index (χ2v) is 5.20. The quantitative estimate of drug-likeness (QED) is 0.878. The number of aromatic nitrogens is 3. The van der Waals surface area contributed by atoms with Crippen LogP contribution in [0.4, 0.5) is 10.9 Å². The summed E-state index contributed by atoms with van der Waals surface area (Å²) in [5.74, 6) is 0.696. The fraction of sp³-hybridized carbons (Fsp3) is 0.125. The highest BCUT2D eigenvalue weighted by Gasteiger charge is 2.06. The van der Waals surface area contributed by atoms with E-state index >= 15 is 0 Å². The molecule has 0 saturated carbocycles. The highest BCUT2D eigenvalue weighted by Crippen LogP contribution is 2.20. The topological polar surface area (TPSA) is 67.8 Å². The minimum absolute atomic E-state index is 0.508. The maximum absolute atomic E-state index is 11.1. The first kappa shape index (κ1) is 10.2. The molecule has 0 amide bonds. The van der Waals surface area contributed by atoms with Gasteiger partial charge in [-0.2, -0.15) is 0 Å². The van der Waals surface area contributed by atoms with Crippen molar-refractivity contribution in [1.29, 1.82) is 0 Å². The van der Waals surface area contributed by atoms with Gasteiger partial charge in [-0.25, -0.2) is 4.98 Å². The number of hydrogen-bond donors (Lipinski definition) is 1. The number of rotatable bonds is 3. The van der Waals surface area contributed by atoms with Gasteiger partial charge in [0.15, 0.2) is 0 Å². The number of anilines is 2. The van der Waals surface area contributed by atoms with Crippen molar-refractivity contribution in [2.24, 2.45) is 0 Å². The van der Waals surface area contributed by atoms with Crippen LogP contribution in [0.15, 0.2) is 28.7 Å². The molecule has 0 fully saturated rings. The van der Waals surface area contributed by atoms with E-state index in [2.05, 4.69) is 20.5 Å². The first-order chi connectivity index (χ1) is 7.25. The van der Waals surface area contributed by atoms with Gasteiger partial charge in [-0.15, -0.1) is 10.2 Å². The molecule has 2 heterocycles. The van der Waals surface area contributed by atoms with Gasteiger partial charge in [-0.1, -0.05) is 17.4 Å². The summed E-state index contributed by atoms with van der Waals surface area (Å²) in [5, 5.41) is 11.2. The molecule has 0 bridgehead atoms. The summed E-state index contributed by atoms with van der Waals surface area (Å²) in [6, 6.07) is 5.52. The van der Waals surface area contributed by atoms with Crippen LogP contribution >= 0.6 is 11.3 Å². The van der Waals surface area contributed by atoms with Crippen LogP contribution in [0.2, 0.25) is 0 Å². The molecule has 0 radical (unpaired) electrons. The van der Waals surface area contributed by atoms with Crippen LogP contribution in [-0.2, 0) is 10.8 Å². The molecule has 78 valence electrons. The monoisotopic (exact) mass is 240 g/mol. The highest BCUT2D eigenvalue weighted by atomic mass is 32.2. The minimum atomic E-state index is -1.08. The third-order valence-electron chi connectivity index (χ3n) is 1.55. The van der Waals surface area contributed by atoms with Crippen LogP contribution < -0.4 is 5.32 Å². The molecule has 5 nitrogen and oxygen atoms in total. The molecular weight excluding hydrogens is 232 g/mol. The fourth-order valence-electron chi connectivity index (χ4n) is 0.923. The Balaban J connectivity index is 2.15. The largest absolute Gasteiger partial charge is 0.315 e. The van der Waals surface area contributed by atoms with E-state index in [-0.39, 0.29) is 0 Å². The van der Waals surface area contributed by atoms with Crippen LogP contribution in [-0.4, -0.2) is 25.6 Å². The van der Waals surface area contributed by atoms with Gasteiger partial charge >= 0.3 is 0 Å². The van der Waals surface area contributed by atoms with E-state index in [0.29, 0.717) is 15.3 Å². The molecule has 7 heteroatoms. The van der Waals surface area contributed by atoms with Crippen molar-refractivity contribution in [3.8, 4) is 0 Å². The third-order valence-corrected chi connectivity index (χ3v) is 3.71. The first-order valence-electron chi connectivity index (χ1n) is 4.10. The Kier molecular flexibility index (Phi) is 3.02. The van der Waals surface area contributed by atoms with Gasteiger partial charge in [-0.3, -0.25) is 4.21 Å². The van der Waals surface area contributed by atoms with Crippen LogP contribution in [0.1, 0.15) is 0 Å². The summed E-state index contributed by atoms with van der Waals surface area (Å²) < 4.78 is 11.6. The molecule has 15 heavy (non-hydrogen) atoms. The molecule has 0 spiro atoms. The molecule has 2 aromatic heterocycles. The number of nitrogens with one attached hydrogen (secondary N) is 1. The molecule has 2 rings (SSSR count). The minimum Gasteiger partial charge on any atom is -0.315 e. The third kappa shape index (κ3) is 2.57. The zero-order valence-electron chi connectivity index (χ0n) is 7.88. The molecule has 0 aliphatic carbocycles. The predicted molar refractivity (Wildman–Crippen MR) is 59.8 cm³/mol. The summed E-state index contributed by atoms with van der Waals surface area (Å²) >= 11 is 1.26. The van der Waals surface area contributed by atoms with Crippen molar-refractivity contribution in [3.63, 3.8) is 0 Å². The summed E-state index contributed by atoms with van der Waals surface area (Å²) in [6.07, 6.45) is 3.26. The standard InChI is InChI=1S/C8H8N4OS2/c1-15(13)8-12-11-7(14-8)10-6-4-2-3-5-9-6/h2-5H,1H3,(H,9,10,11). The predicted octanol–water partition coefficient (Wildman–Crippen LogP) is 1.41. The van der Waals surface area contributed by atoms with Gasteiger partial charge in [0.1, 0.15) is 5.82 Å². The van der Waals surface area contributed by atoms with Gasteiger partial charge in [0.05, 0.1) is 10.8 Å².